The van der Waals surface area contributed by atoms with Crippen LogP contribution in [0.2, 0.25) is 10.0 Å². The summed E-state index contributed by atoms with van der Waals surface area (Å²) in [6.45, 7) is 6.77. The molecule has 0 saturated heterocycles. The van der Waals surface area contributed by atoms with Gasteiger partial charge in [-0.3, -0.25) is 0 Å². The molecule has 4 amide bonds. The number of ether oxygens (including phenoxy) is 3. The minimum Gasteiger partial charge on any atom is -0.505 e. The number of methoxy groups -OCH3 is 3. The molecule has 0 fully saturated rings. The second kappa shape index (κ2) is 17.5. The number of anilines is 4. The zero-order valence-electron chi connectivity index (χ0n) is 28.4. The summed E-state index contributed by atoms with van der Waals surface area (Å²) in [4.78, 5) is 24.5. The predicted molar refractivity (Wildman–Crippen MR) is 195 cm³/mol. The van der Waals surface area contributed by atoms with Gasteiger partial charge in [-0.1, -0.05) is 41.4 Å². The maximum Gasteiger partial charge on any atom is 0.323 e. The Kier molecular flexibility index (Phi) is 13.8. The monoisotopic (exact) mass is 730 g/mol. The van der Waals surface area contributed by atoms with Crippen molar-refractivity contribution < 1.29 is 44.2 Å². The number of aryl methyl sites for hydroxylation is 2. The summed E-state index contributed by atoms with van der Waals surface area (Å²) in [7, 11) is 4.40. The minimum absolute atomic E-state index is 0.0586. The highest BCUT2D eigenvalue weighted by molar-refractivity contribution is 6.31. The van der Waals surface area contributed by atoms with Crippen LogP contribution in [-0.2, 0) is 0 Å². The van der Waals surface area contributed by atoms with Crippen molar-refractivity contribution in [3.05, 3.63) is 86.9 Å². The Morgan fingerprint density at radius 1 is 0.660 bits per heavy atom. The van der Waals surface area contributed by atoms with Crippen molar-refractivity contribution in [2.75, 3.05) is 42.6 Å². The van der Waals surface area contributed by atoms with Crippen molar-refractivity contribution in [2.45, 2.75) is 39.9 Å². The van der Waals surface area contributed by atoms with Crippen molar-refractivity contribution in [1.82, 2.24) is 0 Å². The van der Waals surface area contributed by atoms with E-state index < -0.39 is 24.3 Å². The third-order valence-corrected chi connectivity index (χ3v) is 7.68. The molecule has 4 aromatic carbocycles. The molecule has 0 radical (unpaired) electrons. The zero-order valence-corrected chi connectivity index (χ0v) is 29.9. The number of phenolic OH excluding ortho intramolecular Hbond substituents is 2. The second-order valence-electron chi connectivity index (χ2n) is 11.0. The van der Waals surface area contributed by atoms with Crippen molar-refractivity contribution >= 4 is 58.0 Å². The maximum absolute atomic E-state index is 12.3. The predicted octanol–water partition coefficient (Wildman–Crippen LogP) is 8.13. The van der Waals surface area contributed by atoms with E-state index >= 15 is 0 Å². The topological polar surface area (TPSA) is 191 Å². The molecule has 2 unspecified atom stereocenters. The fourth-order valence-electron chi connectivity index (χ4n) is 4.78. The van der Waals surface area contributed by atoms with Gasteiger partial charge in [-0.05, 0) is 63.1 Å². The number of carbonyl (C=O) groups excluding carboxylic acids is 2. The van der Waals surface area contributed by atoms with Crippen LogP contribution in [0, 0.1) is 13.8 Å². The lowest BCUT2D eigenvalue weighted by molar-refractivity contribution is 0.194. The highest BCUT2D eigenvalue weighted by Gasteiger charge is 2.19. The molecule has 13 nitrogen and oxygen atoms in total. The third-order valence-electron chi connectivity index (χ3n) is 7.25. The summed E-state index contributed by atoms with van der Waals surface area (Å²) >= 11 is 11.9. The van der Waals surface area contributed by atoms with E-state index in [1.165, 1.54) is 59.4 Å². The number of para-hydroxylation sites is 1. The molecule has 0 bridgehead atoms. The van der Waals surface area contributed by atoms with E-state index in [9.17, 15) is 30.0 Å². The van der Waals surface area contributed by atoms with E-state index in [1.54, 1.807) is 12.1 Å². The number of urea groups is 2. The standard InChI is InChI=1S/C18H21ClN2O6.C17H19ClN2O3/c1-9(22)12-5-10(19)6-13(16(12)23)21-18(24)20-11-7-14(25-2)17(27-4)15(8-11)26-3;1-9-5-4-6-10(2)15(9)20-17(23)19-14-8-12(18)7-13(11(3)21)16(14)22/h5-9,22-23H,1-4H3,(H2,20,21,24);4-8,11,21-22H,1-3H3,(H2,19,20,23). The van der Waals surface area contributed by atoms with Crippen molar-refractivity contribution in [3.63, 3.8) is 0 Å². The molecule has 0 saturated carbocycles. The highest BCUT2D eigenvalue weighted by Crippen LogP contribution is 2.40. The van der Waals surface area contributed by atoms with E-state index in [0.29, 0.717) is 33.6 Å². The van der Waals surface area contributed by atoms with Gasteiger partial charge < -0.3 is 55.9 Å². The number of carbonyl (C=O) groups is 2. The maximum atomic E-state index is 12.3. The molecule has 0 aromatic heterocycles. The lowest BCUT2D eigenvalue weighted by Crippen LogP contribution is -2.21. The van der Waals surface area contributed by atoms with Gasteiger partial charge in [-0.2, -0.15) is 0 Å². The zero-order chi connectivity index (χ0) is 37.3. The lowest BCUT2D eigenvalue weighted by Gasteiger charge is -2.16. The molecule has 0 aliphatic rings. The molecule has 50 heavy (non-hydrogen) atoms. The first kappa shape index (κ1) is 39.4. The van der Waals surface area contributed by atoms with E-state index in [4.69, 9.17) is 37.4 Å². The molecule has 0 aliphatic heterocycles. The van der Waals surface area contributed by atoms with Crippen LogP contribution in [0.5, 0.6) is 28.7 Å². The smallest absolute Gasteiger partial charge is 0.323 e. The van der Waals surface area contributed by atoms with E-state index in [1.807, 2.05) is 32.0 Å². The van der Waals surface area contributed by atoms with Crippen LogP contribution >= 0.6 is 23.2 Å². The lowest BCUT2D eigenvalue weighted by atomic mass is 10.1. The largest absolute Gasteiger partial charge is 0.505 e. The normalized spacial score (nSPS) is 11.7. The van der Waals surface area contributed by atoms with E-state index in [-0.39, 0.29) is 39.0 Å². The number of phenols is 2. The van der Waals surface area contributed by atoms with Crippen LogP contribution in [0.25, 0.3) is 0 Å². The van der Waals surface area contributed by atoms with Crippen LogP contribution in [0.15, 0.2) is 54.6 Å². The quantitative estimate of drug-likeness (QED) is 0.0786. The van der Waals surface area contributed by atoms with Crippen LogP contribution in [-0.4, -0.2) is 53.8 Å². The Morgan fingerprint density at radius 3 is 1.46 bits per heavy atom. The molecule has 0 spiro atoms. The van der Waals surface area contributed by atoms with Gasteiger partial charge in [0.05, 0.1) is 50.6 Å². The van der Waals surface area contributed by atoms with Gasteiger partial charge in [-0.15, -0.1) is 0 Å². The molecule has 8 N–H and O–H groups in total. The minimum atomic E-state index is -0.956. The number of hydrogen-bond donors (Lipinski definition) is 8. The van der Waals surface area contributed by atoms with Crippen LogP contribution in [0.1, 0.15) is 48.3 Å². The molecule has 4 aromatic rings. The number of aromatic hydroxyl groups is 2. The number of halogens is 2. The first-order chi connectivity index (χ1) is 23.6. The summed E-state index contributed by atoms with van der Waals surface area (Å²) in [6, 6.07) is 13.3. The van der Waals surface area contributed by atoms with Crippen molar-refractivity contribution in [1.29, 1.82) is 0 Å². The van der Waals surface area contributed by atoms with E-state index in [2.05, 4.69) is 21.3 Å². The Bertz CT molecular complexity index is 1810. The van der Waals surface area contributed by atoms with Gasteiger partial charge in [0.15, 0.2) is 11.5 Å². The second-order valence-corrected chi connectivity index (χ2v) is 11.8. The first-order valence-corrected chi connectivity index (χ1v) is 15.8. The van der Waals surface area contributed by atoms with Crippen LogP contribution < -0.4 is 35.5 Å². The molecule has 0 heterocycles. The summed E-state index contributed by atoms with van der Waals surface area (Å²) in [6.07, 6.45) is -1.86. The number of amides is 4. The Hall–Kier alpha value is -5.08. The molecule has 4 rings (SSSR count). The number of nitrogens with one attached hydrogen (secondary N) is 4. The fraction of sp³-hybridized carbons (Fsp3) is 0.257. The summed E-state index contributed by atoms with van der Waals surface area (Å²) in [5.74, 6) is 0.652. The van der Waals surface area contributed by atoms with Gasteiger partial charge in [0.1, 0.15) is 11.5 Å². The van der Waals surface area contributed by atoms with Crippen LogP contribution in [0.4, 0.5) is 32.3 Å². The average Bonchev–Trinajstić information content (AvgIpc) is 3.05. The highest BCUT2D eigenvalue weighted by atomic mass is 35.5. The van der Waals surface area contributed by atoms with Gasteiger partial charge in [0.25, 0.3) is 0 Å². The average molecular weight is 732 g/mol. The number of rotatable bonds is 9. The molecular weight excluding hydrogens is 691 g/mol. The first-order valence-electron chi connectivity index (χ1n) is 15.0. The Balaban J connectivity index is 0.000000274. The van der Waals surface area contributed by atoms with Gasteiger partial charge in [-0.25, -0.2) is 9.59 Å². The van der Waals surface area contributed by atoms with Crippen molar-refractivity contribution in [2.24, 2.45) is 0 Å². The van der Waals surface area contributed by atoms with Crippen LogP contribution in [0.3, 0.4) is 0 Å². The number of aliphatic hydroxyl groups excluding tert-OH is 2. The molecular formula is C35H40Cl2N4O9. The van der Waals surface area contributed by atoms with Gasteiger partial charge in [0.2, 0.25) is 5.75 Å². The van der Waals surface area contributed by atoms with Crippen molar-refractivity contribution in [3.8, 4) is 28.7 Å². The fourth-order valence-corrected chi connectivity index (χ4v) is 5.24. The number of benzene rings is 4. The summed E-state index contributed by atoms with van der Waals surface area (Å²) in [5, 5.41) is 50.7. The van der Waals surface area contributed by atoms with E-state index in [0.717, 1.165) is 11.1 Å². The van der Waals surface area contributed by atoms with Gasteiger partial charge >= 0.3 is 12.1 Å². The molecule has 2 atom stereocenters. The molecule has 15 heteroatoms. The SMILES string of the molecule is COc1cc(NC(=O)Nc2cc(Cl)cc(C(C)O)c2O)cc(OC)c1OC.Cc1cccc(C)c1NC(=O)Nc1cc(Cl)cc(C(C)O)c1O. The molecule has 0 aliphatic carbocycles. The summed E-state index contributed by atoms with van der Waals surface area (Å²) < 4.78 is 15.7. The Morgan fingerprint density at radius 2 is 1.08 bits per heavy atom. The third kappa shape index (κ3) is 9.98. The number of aliphatic hydroxyl groups is 2. The molecule has 268 valence electrons. The summed E-state index contributed by atoms with van der Waals surface area (Å²) in [5.41, 5.74) is 3.59. The Labute approximate surface area is 299 Å². The number of hydrogen-bond acceptors (Lipinski definition) is 9. The van der Waals surface area contributed by atoms with Gasteiger partial charge in [0, 0.05) is 39.0 Å².